The van der Waals surface area contributed by atoms with E-state index in [-0.39, 0.29) is 41.9 Å². The molecule has 0 saturated heterocycles. The topological polar surface area (TPSA) is 46.9 Å². The smallest absolute Gasteiger partial charge is 0.226 e. The number of halogens is 5. The molecule has 0 aliphatic rings. The van der Waals surface area contributed by atoms with Crippen molar-refractivity contribution < 1.29 is 18.0 Å². The van der Waals surface area contributed by atoms with E-state index in [2.05, 4.69) is 10.3 Å². The highest BCUT2D eigenvalue weighted by Crippen LogP contribution is 2.25. The van der Waals surface area contributed by atoms with Crippen molar-refractivity contribution in [2.45, 2.75) is 19.9 Å². The first-order valence-electron chi connectivity index (χ1n) is 8.44. The predicted octanol–water partition coefficient (Wildman–Crippen LogP) is 4.75. The third kappa shape index (κ3) is 5.10. The van der Waals surface area contributed by atoms with E-state index >= 15 is 0 Å². The molecule has 0 spiro atoms. The molecule has 0 bridgehead atoms. The van der Waals surface area contributed by atoms with Gasteiger partial charge < -0.3 is 9.88 Å². The number of aryl methyl sites for hydroxylation is 1. The molecule has 4 nitrogen and oxygen atoms in total. The van der Waals surface area contributed by atoms with Crippen LogP contribution in [0.1, 0.15) is 17.0 Å². The molecule has 1 aromatic heterocycles. The van der Waals surface area contributed by atoms with Gasteiger partial charge in [0.05, 0.1) is 17.7 Å². The van der Waals surface area contributed by atoms with Crippen molar-refractivity contribution in [2.75, 3.05) is 0 Å². The zero-order valence-electron chi connectivity index (χ0n) is 15.6. The Hall–Kier alpha value is -2.51. The number of nitrogens with one attached hydrogen (secondary N) is 1. The maximum absolute atomic E-state index is 14.1. The third-order valence-corrected chi connectivity index (χ3v) is 4.76. The molecule has 2 aromatic carbocycles. The normalized spacial score (nSPS) is 10.6. The van der Waals surface area contributed by atoms with Gasteiger partial charge in [0.2, 0.25) is 5.91 Å². The van der Waals surface area contributed by atoms with Crippen molar-refractivity contribution in [3.63, 3.8) is 0 Å². The van der Waals surface area contributed by atoms with Crippen LogP contribution in [0, 0.1) is 24.4 Å². The quantitative estimate of drug-likeness (QED) is 0.618. The van der Waals surface area contributed by atoms with Gasteiger partial charge in [-0.2, -0.15) is 0 Å². The minimum Gasteiger partial charge on any atom is -0.352 e. The Kier molecular flexibility index (Phi) is 7.32. The SMILES string of the molecule is Cc1nc(-c2ccc(F)cc2F)n(C)c1CC(=O)NCc1ccc(F)cc1Cl.Cl. The third-order valence-electron chi connectivity index (χ3n) is 4.40. The Morgan fingerprint density at radius 3 is 2.45 bits per heavy atom. The monoisotopic (exact) mass is 443 g/mol. The number of hydrogen-bond donors (Lipinski definition) is 1. The number of carbonyl (C=O) groups excluding carboxylic acids is 1. The molecule has 0 atom stereocenters. The highest BCUT2D eigenvalue weighted by atomic mass is 35.5. The average molecular weight is 444 g/mol. The fraction of sp³-hybridized carbons (Fsp3) is 0.200. The number of carbonyl (C=O) groups is 1. The summed E-state index contributed by atoms with van der Waals surface area (Å²) in [5.41, 5.74) is 1.90. The predicted molar refractivity (Wildman–Crippen MR) is 108 cm³/mol. The summed E-state index contributed by atoms with van der Waals surface area (Å²) >= 11 is 5.95. The van der Waals surface area contributed by atoms with Crippen molar-refractivity contribution in [3.05, 3.63) is 75.8 Å². The molecule has 1 heterocycles. The molecule has 9 heteroatoms. The first-order chi connectivity index (χ1) is 13.3. The highest BCUT2D eigenvalue weighted by Gasteiger charge is 2.18. The van der Waals surface area contributed by atoms with E-state index in [0.29, 0.717) is 22.8 Å². The Balaban J connectivity index is 0.00000300. The Morgan fingerprint density at radius 1 is 1.14 bits per heavy atom. The number of nitrogens with zero attached hydrogens (tertiary/aromatic N) is 2. The second-order valence-electron chi connectivity index (χ2n) is 6.34. The second-order valence-corrected chi connectivity index (χ2v) is 6.75. The number of aromatic nitrogens is 2. The van der Waals surface area contributed by atoms with E-state index in [1.165, 1.54) is 24.3 Å². The van der Waals surface area contributed by atoms with Gasteiger partial charge in [-0.25, -0.2) is 18.2 Å². The summed E-state index contributed by atoms with van der Waals surface area (Å²) in [5, 5.41) is 2.95. The number of imidazole rings is 1. The van der Waals surface area contributed by atoms with E-state index in [1.807, 2.05) is 0 Å². The first-order valence-corrected chi connectivity index (χ1v) is 8.82. The fourth-order valence-corrected chi connectivity index (χ4v) is 3.13. The first kappa shape index (κ1) is 22.8. The minimum atomic E-state index is -0.727. The Bertz CT molecular complexity index is 1050. The van der Waals surface area contributed by atoms with E-state index in [1.54, 1.807) is 18.5 Å². The fourth-order valence-electron chi connectivity index (χ4n) is 2.90. The van der Waals surface area contributed by atoms with E-state index in [9.17, 15) is 18.0 Å². The molecule has 1 N–H and O–H groups in total. The minimum absolute atomic E-state index is 0. The zero-order valence-corrected chi connectivity index (χ0v) is 17.2. The Labute approximate surface area is 177 Å². The van der Waals surface area contributed by atoms with Crippen LogP contribution in [-0.2, 0) is 24.8 Å². The molecule has 0 radical (unpaired) electrons. The van der Waals surface area contributed by atoms with E-state index in [4.69, 9.17) is 11.6 Å². The van der Waals surface area contributed by atoms with Gasteiger partial charge in [0.15, 0.2) is 0 Å². The van der Waals surface area contributed by atoms with Gasteiger partial charge in [-0.15, -0.1) is 12.4 Å². The van der Waals surface area contributed by atoms with Crippen LogP contribution in [0.5, 0.6) is 0 Å². The summed E-state index contributed by atoms with van der Waals surface area (Å²) in [7, 11) is 1.66. The van der Waals surface area contributed by atoms with Crippen molar-refractivity contribution in [2.24, 2.45) is 7.05 Å². The number of rotatable bonds is 5. The lowest BCUT2D eigenvalue weighted by Crippen LogP contribution is -2.26. The molecule has 0 aliphatic carbocycles. The summed E-state index contributed by atoms with van der Waals surface area (Å²) < 4.78 is 41.9. The lowest BCUT2D eigenvalue weighted by molar-refractivity contribution is -0.120. The lowest BCUT2D eigenvalue weighted by atomic mass is 10.2. The van der Waals surface area contributed by atoms with Crippen LogP contribution < -0.4 is 5.32 Å². The van der Waals surface area contributed by atoms with Gasteiger partial charge in [0.1, 0.15) is 23.3 Å². The number of hydrogen-bond acceptors (Lipinski definition) is 2. The molecular weight excluding hydrogens is 426 g/mol. The van der Waals surface area contributed by atoms with Gasteiger partial charge in [0, 0.05) is 30.4 Å². The van der Waals surface area contributed by atoms with E-state index < -0.39 is 17.5 Å². The number of amides is 1. The largest absolute Gasteiger partial charge is 0.352 e. The summed E-state index contributed by atoms with van der Waals surface area (Å²) in [6.45, 7) is 1.86. The molecule has 0 aliphatic heterocycles. The van der Waals surface area contributed by atoms with Crippen molar-refractivity contribution >= 4 is 29.9 Å². The van der Waals surface area contributed by atoms with Crippen LogP contribution in [-0.4, -0.2) is 15.5 Å². The molecule has 3 aromatic rings. The average Bonchev–Trinajstić information content (AvgIpc) is 2.89. The maximum Gasteiger partial charge on any atom is 0.226 e. The summed E-state index contributed by atoms with van der Waals surface area (Å²) in [6.07, 6.45) is 0.0109. The molecule has 0 fully saturated rings. The Morgan fingerprint density at radius 2 is 1.79 bits per heavy atom. The molecular formula is C20H18Cl2F3N3O. The van der Waals surface area contributed by atoms with Crippen LogP contribution in [0.4, 0.5) is 13.2 Å². The van der Waals surface area contributed by atoms with Crippen molar-refractivity contribution in [3.8, 4) is 11.4 Å². The summed E-state index contributed by atoms with van der Waals surface area (Å²) in [4.78, 5) is 16.7. The molecule has 154 valence electrons. The molecule has 3 rings (SSSR count). The van der Waals surface area contributed by atoms with Crippen LogP contribution in [0.2, 0.25) is 5.02 Å². The van der Waals surface area contributed by atoms with Crippen LogP contribution in [0.3, 0.4) is 0 Å². The van der Waals surface area contributed by atoms with Gasteiger partial charge in [-0.3, -0.25) is 4.79 Å². The lowest BCUT2D eigenvalue weighted by Gasteiger charge is -2.09. The second kappa shape index (κ2) is 9.33. The number of benzene rings is 2. The van der Waals surface area contributed by atoms with Crippen LogP contribution in [0.15, 0.2) is 36.4 Å². The maximum atomic E-state index is 14.1. The van der Waals surface area contributed by atoms with Crippen LogP contribution >= 0.6 is 24.0 Å². The van der Waals surface area contributed by atoms with Gasteiger partial charge in [-0.05, 0) is 36.8 Å². The van der Waals surface area contributed by atoms with Gasteiger partial charge in [0.25, 0.3) is 0 Å². The highest BCUT2D eigenvalue weighted by molar-refractivity contribution is 6.31. The standard InChI is InChI=1S/C20H17ClF3N3O.ClH/c1-11-18(9-19(28)25-10-12-3-4-13(22)7-16(12)21)27(2)20(26-11)15-6-5-14(23)8-17(15)24;/h3-8H,9-10H2,1-2H3,(H,25,28);1H. The zero-order chi connectivity index (χ0) is 20.4. The van der Waals surface area contributed by atoms with Crippen molar-refractivity contribution in [1.29, 1.82) is 0 Å². The van der Waals surface area contributed by atoms with Crippen molar-refractivity contribution in [1.82, 2.24) is 14.9 Å². The van der Waals surface area contributed by atoms with Crippen LogP contribution in [0.25, 0.3) is 11.4 Å². The molecule has 1 amide bonds. The summed E-state index contributed by atoms with van der Waals surface area (Å²) in [6, 6.07) is 7.20. The van der Waals surface area contributed by atoms with Gasteiger partial charge in [-0.1, -0.05) is 17.7 Å². The summed E-state index contributed by atoms with van der Waals surface area (Å²) in [5.74, 6) is -1.84. The molecule has 29 heavy (non-hydrogen) atoms. The molecule has 0 unspecified atom stereocenters. The van der Waals surface area contributed by atoms with E-state index in [0.717, 1.165) is 12.1 Å². The van der Waals surface area contributed by atoms with Gasteiger partial charge >= 0.3 is 0 Å². The molecule has 0 saturated carbocycles.